The highest BCUT2D eigenvalue weighted by molar-refractivity contribution is 5.92. The first-order valence-electron chi connectivity index (χ1n) is 5.75. The summed E-state index contributed by atoms with van der Waals surface area (Å²) >= 11 is 0. The minimum Gasteiger partial charge on any atom is -0.478 e. The number of ether oxygens (including phenoxy) is 1. The van der Waals surface area contributed by atoms with Gasteiger partial charge in [0, 0.05) is 0 Å². The van der Waals surface area contributed by atoms with Gasteiger partial charge in [-0.2, -0.15) is 0 Å². The number of allylic oxidation sites excluding steroid dienone is 1. The molecule has 4 heteroatoms. The van der Waals surface area contributed by atoms with Gasteiger partial charge >= 0.3 is 11.9 Å². The molecule has 0 aromatic heterocycles. The van der Waals surface area contributed by atoms with E-state index in [-0.39, 0.29) is 5.56 Å². The monoisotopic (exact) mass is 248 g/mol. The van der Waals surface area contributed by atoms with E-state index in [1.807, 2.05) is 19.9 Å². The van der Waals surface area contributed by atoms with Crippen LogP contribution in [0.4, 0.5) is 0 Å². The highest BCUT2D eigenvalue weighted by Crippen LogP contribution is 2.07. The molecule has 1 aromatic rings. The Morgan fingerprint density at radius 2 is 1.83 bits per heavy atom. The molecule has 18 heavy (non-hydrogen) atoms. The molecule has 0 aliphatic carbocycles. The van der Waals surface area contributed by atoms with Crippen LogP contribution in [0.1, 0.15) is 41.0 Å². The maximum absolute atomic E-state index is 11.6. The predicted octanol–water partition coefficient (Wildman–Crippen LogP) is 3.10. The molecule has 1 atom stereocenters. The van der Waals surface area contributed by atoms with Gasteiger partial charge in [0.25, 0.3) is 0 Å². The number of carbonyl (C=O) groups excluding carboxylic acids is 1. The Hall–Kier alpha value is -2.10. The maximum Gasteiger partial charge on any atom is 0.342 e. The van der Waals surface area contributed by atoms with Gasteiger partial charge in [-0.25, -0.2) is 9.59 Å². The Morgan fingerprint density at radius 1 is 1.28 bits per heavy atom. The van der Waals surface area contributed by atoms with Crippen LogP contribution in [0.2, 0.25) is 0 Å². The Morgan fingerprint density at radius 3 is 2.33 bits per heavy atom. The Balaban J connectivity index is 2.62. The molecule has 0 aliphatic heterocycles. The first kappa shape index (κ1) is 14.0. The number of carboxylic acid groups (broad SMARTS) is 1. The number of carbonyl (C=O) groups is 2. The van der Waals surface area contributed by atoms with Gasteiger partial charge < -0.3 is 9.84 Å². The van der Waals surface area contributed by atoms with Crippen molar-refractivity contribution in [3.63, 3.8) is 0 Å². The fraction of sp³-hybridized carbons (Fsp3) is 0.286. The molecule has 0 saturated heterocycles. The minimum atomic E-state index is -1.02. The predicted molar refractivity (Wildman–Crippen MR) is 67.4 cm³/mol. The van der Waals surface area contributed by atoms with Crippen molar-refractivity contribution in [2.75, 3.05) is 0 Å². The van der Waals surface area contributed by atoms with Gasteiger partial charge in [0.2, 0.25) is 0 Å². The van der Waals surface area contributed by atoms with E-state index < -0.39 is 11.9 Å². The van der Waals surface area contributed by atoms with Crippen molar-refractivity contribution in [2.24, 2.45) is 5.92 Å². The average molecular weight is 248 g/mol. The lowest BCUT2D eigenvalue weighted by Gasteiger charge is -2.02. The highest BCUT2D eigenvalue weighted by atomic mass is 16.5. The van der Waals surface area contributed by atoms with Crippen LogP contribution in [-0.2, 0) is 4.74 Å². The maximum atomic E-state index is 11.6. The van der Waals surface area contributed by atoms with E-state index in [9.17, 15) is 9.59 Å². The van der Waals surface area contributed by atoms with E-state index >= 15 is 0 Å². The van der Waals surface area contributed by atoms with Crippen molar-refractivity contribution in [1.82, 2.24) is 0 Å². The smallest absolute Gasteiger partial charge is 0.342 e. The van der Waals surface area contributed by atoms with Crippen LogP contribution in [0.3, 0.4) is 0 Å². The summed E-state index contributed by atoms with van der Waals surface area (Å²) in [7, 11) is 0. The molecule has 4 nitrogen and oxygen atoms in total. The lowest BCUT2D eigenvalue weighted by molar-refractivity contribution is 0.0656. The molecule has 0 amide bonds. The van der Waals surface area contributed by atoms with E-state index in [1.54, 1.807) is 0 Å². The summed E-state index contributed by atoms with van der Waals surface area (Å²) in [6.45, 7) is 4.06. The summed E-state index contributed by atoms with van der Waals surface area (Å²) in [5, 5.41) is 8.72. The topological polar surface area (TPSA) is 63.6 Å². The fourth-order valence-corrected chi connectivity index (χ4v) is 1.19. The van der Waals surface area contributed by atoms with Crippen molar-refractivity contribution < 1.29 is 19.4 Å². The zero-order valence-corrected chi connectivity index (χ0v) is 10.4. The van der Waals surface area contributed by atoms with Crippen LogP contribution in [0, 0.1) is 5.92 Å². The summed E-state index contributed by atoms with van der Waals surface area (Å²) in [5.74, 6) is -1.16. The number of carboxylic acids is 1. The molecule has 0 aliphatic rings. The number of aromatic carboxylic acids is 1. The number of rotatable bonds is 5. The Labute approximate surface area is 106 Å². The van der Waals surface area contributed by atoms with E-state index in [1.165, 1.54) is 30.5 Å². The molecule has 0 fully saturated rings. The van der Waals surface area contributed by atoms with Gasteiger partial charge in [-0.3, -0.25) is 0 Å². The molecule has 1 unspecified atom stereocenters. The number of esters is 1. The van der Waals surface area contributed by atoms with Crippen LogP contribution in [0.5, 0.6) is 0 Å². The van der Waals surface area contributed by atoms with Gasteiger partial charge in [0.1, 0.15) is 0 Å². The molecule has 0 heterocycles. The first-order valence-corrected chi connectivity index (χ1v) is 5.75. The SMILES string of the molecule is CCC(C)C=COC(=O)c1ccc(C(=O)O)cc1. The summed E-state index contributed by atoms with van der Waals surface area (Å²) in [5.41, 5.74) is 0.468. The second-order valence-corrected chi connectivity index (χ2v) is 4.00. The molecule has 0 saturated carbocycles. The van der Waals surface area contributed by atoms with Crippen molar-refractivity contribution in [3.05, 3.63) is 47.7 Å². The van der Waals surface area contributed by atoms with Crippen LogP contribution in [-0.4, -0.2) is 17.0 Å². The molecule has 1 N–H and O–H groups in total. The first-order chi connectivity index (χ1) is 8.54. The molecule has 0 spiro atoms. The fourth-order valence-electron chi connectivity index (χ4n) is 1.19. The van der Waals surface area contributed by atoms with Crippen molar-refractivity contribution in [2.45, 2.75) is 20.3 Å². The van der Waals surface area contributed by atoms with Crippen LogP contribution < -0.4 is 0 Å². The van der Waals surface area contributed by atoms with Crippen LogP contribution >= 0.6 is 0 Å². The number of hydrogen-bond donors (Lipinski definition) is 1. The lowest BCUT2D eigenvalue weighted by Crippen LogP contribution is -2.02. The Bertz CT molecular complexity index is 445. The third kappa shape index (κ3) is 4.05. The largest absolute Gasteiger partial charge is 0.478 e. The molecule has 1 rings (SSSR count). The van der Waals surface area contributed by atoms with Crippen molar-refractivity contribution in [1.29, 1.82) is 0 Å². The van der Waals surface area contributed by atoms with E-state index in [0.29, 0.717) is 11.5 Å². The van der Waals surface area contributed by atoms with Gasteiger partial charge in [0.15, 0.2) is 0 Å². The average Bonchev–Trinajstić information content (AvgIpc) is 2.38. The van der Waals surface area contributed by atoms with Gasteiger partial charge in [-0.1, -0.05) is 13.8 Å². The van der Waals surface area contributed by atoms with E-state index in [2.05, 4.69) is 0 Å². The van der Waals surface area contributed by atoms with Gasteiger partial charge in [0.05, 0.1) is 17.4 Å². The minimum absolute atomic E-state index is 0.140. The summed E-state index contributed by atoms with van der Waals surface area (Å²) in [6, 6.07) is 5.61. The van der Waals surface area contributed by atoms with Crippen LogP contribution in [0.15, 0.2) is 36.6 Å². The molecular weight excluding hydrogens is 232 g/mol. The zero-order chi connectivity index (χ0) is 13.5. The molecular formula is C14H16O4. The molecule has 1 aromatic carbocycles. The van der Waals surface area contributed by atoms with Crippen molar-refractivity contribution >= 4 is 11.9 Å². The van der Waals surface area contributed by atoms with Crippen LogP contribution in [0.25, 0.3) is 0 Å². The van der Waals surface area contributed by atoms with Crippen molar-refractivity contribution in [3.8, 4) is 0 Å². The number of hydrogen-bond acceptors (Lipinski definition) is 3. The summed E-state index contributed by atoms with van der Waals surface area (Å²) in [6.07, 6.45) is 4.16. The quantitative estimate of drug-likeness (QED) is 0.642. The van der Waals surface area contributed by atoms with E-state index in [4.69, 9.17) is 9.84 Å². The standard InChI is InChI=1S/C14H16O4/c1-3-10(2)8-9-18-14(17)12-6-4-11(5-7-12)13(15)16/h4-10H,3H2,1-2H3,(H,15,16). The summed E-state index contributed by atoms with van der Waals surface area (Å²) < 4.78 is 4.93. The van der Waals surface area contributed by atoms with Gasteiger partial charge in [-0.15, -0.1) is 0 Å². The second kappa shape index (κ2) is 6.59. The molecule has 96 valence electrons. The second-order valence-electron chi connectivity index (χ2n) is 4.00. The third-order valence-corrected chi connectivity index (χ3v) is 2.59. The highest BCUT2D eigenvalue weighted by Gasteiger charge is 2.07. The number of benzene rings is 1. The lowest BCUT2D eigenvalue weighted by atomic mass is 10.1. The van der Waals surface area contributed by atoms with Gasteiger partial charge in [-0.05, 0) is 42.7 Å². The molecule has 0 bridgehead atoms. The third-order valence-electron chi connectivity index (χ3n) is 2.59. The Kier molecular flexibility index (Phi) is 5.11. The normalized spacial score (nSPS) is 12.3. The molecule has 0 radical (unpaired) electrons. The van der Waals surface area contributed by atoms with E-state index in [0.717, 1.165) is 6.42 Å². The zero-order valence-electron chi connectivity index (χ0n) is 10.4. The summed E-state index contributed by atoms with van der Waals surface area (Å²) in [4.78, 5) is 22.2.